The zero-order chi connectivity index (χ0) is 21.3. The fraction of sp³-hybridized carbons (Fsp3) is 0.318. The van der Waals surface area contributed by atoms with Gasteiger partial charge in [0, 0.05) is 18.7 Å². The summed E-state index contributed by atoms with van der Waals surface area (Å²) < 4.78 is 29.1. The normalized spacial score (nSPS) is 16.8. The lowest BCUT2D eigenvalue weighted by Crippen LogP contribution is -2.43. The summed E-state index contributed by atoms with van der Waals surface area (Å²) in [6, 6.07) is 9.96. The summed E-state index contributed by atoms with van der Waals surface area (Å²) in [6.07, 6.45) is 3.05. The molecule has 0 radical (unpaired) electrons. The van der Waals surface area contributed by atoms with Gasteiger partial charge in [0.1, 0.15) is 11.6 Å². The molecule has 2 heterocycles. The van der Waals surface area contributed by atoms with E-state index in [0.717, 1.165) is 47.7 Å². The van der Waals surface area contributed by atoms with Crippen molar-refractivity contribution in [2.45, 2.75) is 37.4 Å². The van der Waals surface area contributed by atoms with Crippen LogP contribution < -0.4 is 5.56 Å². The van der Waals surface area contributed by atoms with Gasteiger partial charge in [0.25, 0.3) is 5.56 Å². The van der Waals surface area contributed by atoms with Crippen LogP contribution in [-0.2, 0) is 4.79 Å². The van der Waals surface area contributed by atoms with E-state index >= 15 is 0 Å². The molecule has 0 bridgehead atoms. The number of thioether (sulfide) groups is 1. The molecule has 1 aliphatic heterocycles. The van der Waals surface area contributed by atoms with E-state index in [9.17, 15) is 18.4 Å². The summed E-state index contributed by atoms with van der Waals surface area (Å²) in [5.41, 5.74) is -0.101. The maximum Gasteiger partial charge on any atom is 0.266 e. The fourth-order valence-electron chi connectivity index (χ4n) is 3.76. The molecule has 1 aliphatic rings. The largest absolute Gasteiger partial charge is 0.339 e. The Balaban J connectivity index is 1.74. The summed E-state index contributed by atoms with van der Waals surface area (Å²) in [5.74, 6) is -1.56. The lowest BCUT2D eigenvalue weighted by molar-refractivity contribution is -0.131. The number of carbonyl (C=O) groups is 1. The van der Waals surface area contributed by atoms with E-state index < -0.39 is 17.2 Å². The lowest BCUT2D eigenvalue weighted by atomic mass is 10.0. The third kappa shape index (κ3) is 3.96. The van der Waals surface area contributed by atoms with Gasteiger partial charge >= 0.3 is 0 Å². The summed E-state index contributed by atoms with van der Waals surface area (Å²) in [6.45, 7) is 2.74. The van der Waals surface area contributed by atoms with Gasteiger partial charge in [-0.2, -0.15) is 0 Å². The van der Waals surface area contributed by atoms with Crippen molar-refractivity contribution in [1.82, 2.24) is 14.5 Å². The van der Waals surface area contributed by atoms with E-state index in [2.05, 4.69) is 4.98 Å². The number of benzene rings is 2. The highest BCUT2D eigenvalue weighted by molar-refractivity contribution is 7.99. The van der Waals surface area contributed by atoms with Gasteiger partial charge in [-0.15, -0.1) is 0 Å². The molecule has 0 spiro atoms. The van der Waals surface area contributed by atoms with Gasteiger partial charge in [0.2, 0.25) is 5.91 Å². The predicted octanol–water partition coefficient (Wildman–Crippen LogP) is 4.16. The van der Waals surface area contributed by atoms with Crippen LogP contribution in [0.2, 0.25) is 0 Å². The Morgan fingerprint density at radius 1 is 1.20 bits per heavy atom. The number of hydrogen-bond acceptors (Lipinski definition) is 4. The van der Waals surface area contributed by atoms with E-state index in [1.165, 1.54) is 6.07 Å². The van der Waals surface area contributed by atoms with Crippen LogP contribution in [0.15, 0.2) is 52.4 Å². The molecule has 0 aliphatic carbocycles. The van der Waals surface area contributed by atoms with E-state index in [1.807, 2.05) is 11.8 Å². The number of para-hydroxylation sites is 1. The molecule has 0 saturated carbocycles. The Labute approximate surface area is 176 Å². The van der Waals surface area contributed by atoms with Gasteiger partial charge in [-0.3, -0.25) is 14.2 Å². The number of nitrogens with zero attached hydrogens (tertiary/aromatic N) is 3. The third-order valence-corrected chi connectivity index (χ3v) is 6.27. The molecular formula is C22H21F2N3O2S. The van der Waals surface area contributed by atoms with Crippen molar-refractivity contribution < 1.29 is 13.6 Å². The molecule has 1 aromatic heterocycles. The second-order valence-corrected chi connectivity index (χ2v) is 8.31. The minimum Gasteiger partial charge on any atom is -0.339 e. The average Bonchev–Trinajstić information content (AvgIpc) is 2.73. The number of amides is 1. The standard InChI is InChI=1S/C22H21F2N3O2S/c1-14-6-4-5-11-26(14)20(28)13-30-22-25-18-8-3-2-7-16(18)21(29)27(22)19-10-9-15(23)12-17(19)24/h2-3,7-10,12,14H,4-6,11,13H2,1H3. The molecular weight excluding hydrogens is 408 g/mol. The Morgan fingerprint density at radius 3 is 2.77 bits per heavy atom. The van der Waals surface area contributed by atoms with Crippen molar-refractivity contribution in [3.8, 4) is 5.69 Å². The van der Waals surface area contributed by atoms with Crippen molar-refractivity contribution >= 4 is 28.6 Å². The molecule has 1 amide bonds. The van der Waals surface area contributed by atoms with Crippen LogP contribution in [0.3, 0.4) is 0 Å². The number of rotatable bonds is 4. The molecule has 156 valence electrons. The number of halogens is 2. The first-order valence-electron chi connectivity index (χ1n) is 9.85. The van der Waals surface area contributed by atoms with E-state index in [0.29, 0.717) is 17.4 Å². The smallest absolute Gasteiger partial charge is 0.266 e. The highest BCUT2D eigenvalue weighted by Gasteiger charge is 2.24. The molecule has 4 rings (SSSR count). The first kappa shape index (κ1) is 20.5. The van der Waals surface area contributed by atoms with Gasteiger partial charge in [-0.1, -0.05) is 23.9 Å². The van der Waals surface area contributed by atoms with Crippen LogP contribution >= 0.6 is 11.8 Å². The van der Waals surface area contributed by atoms with Crippen molar-refractivity contribution in [1.29, 1.82) is 0 Å². The minimum atomic E-state index is -0.869. The number of carbonyl (C=O) groups excluding carboxylic acids is 1. The van der Waals surface area contributed by atoms with Crippen molar-refractivity contribution in [3.05, 3.63) is 64.5 Å². The Bertz CT molecular complexity index is 1160. The van der Waals surface area contributed by atoms with Gasteiger partial charge < -0.3 is 4.90 Å². The molecule has 1 fully saturated rings. The molecule has 2 aromatic carbocycles. The Kier molecular flexibility index (Phi) is 5.85. The highest BCUT2D eigenvalue weighted by Crippen LogP contribution is 2.25. The maximum atomic E-state index is 14.5. The summed E-state index contributed by atoms with van der Waals surface area (Å²) in [5, 5.41) is 0.517. The van der Waals surface area contributed by atoms with Gasteiger partial charge in [0.05, 0.1) is 22.3 Å². The first-order valence-corrected chi connectivity index (χ1v) is 10.8. The molecule has 3 aromatic rings. The average molecular weight is 429 g/mol. The van der Waals surface area contributed by atoms with Crippen LogP contribution in [0.5, 0.6) is 0 Å². The molecule has 30 heavy (non-hydrogen) atoms. The highest BCUT2D eigenvalue weighted by atomic mass is 32.2. The zero-order valence-electron chi connectivity index (χ0n) is 16.5. The van der Waals surface area contributed by atoms with Crippen molar-refractivity contribution in [3.63, 3.8) is 0 Å². The summed E-state index contributed by atoms with van der Waals surface area (Å²) in [7, 11) is 0. The fourth-order valence-corrected chi connectivity index (χ4v) is 4.65. The molecule has 8 heteroatoms. The van der Waals surface area contributed by atoms with Crippen molar-refractivity contribution in [2.24, 2.45) is 0 Å². The van der Waals surface area contributed by atoms with Crippen LogP contribution in [0.1, 0.15) is 26.2 Å². The monoisotopic (exact) mass is 429 g/mol. The second kappa shape index (κ2) is 8.55. The van der Waals surface area contributed by atoms with Gasteiger partial charge in [-0.25, -0.2) is 13.8 Å². The van der Waals surface area contributed by atoms with E-state index in [-0.39, 0.29) is 28.5 Å². The maximum absolute atomic E-state index is 14.5. The number of aromatic nitrogens is 2. The Morgan fingerprint density at radius 2 is 2.00 bits per heavy atom. The predicted molar refractivity (Wildman–Crippen MR) is 113 cm³/mol. The van der Waals surface area contributed by atoms with E-state index in [1.54, 1.807) is 24.3 Å². The molecule has 1 atom stereocenters. The molecule has 1 saturated heterocycles. The second-order valence-electron chi connectivity index (χ2n) is 7.37. The number of hydrogen-bond donors (Lipinski definition) is 0. The Hall–Kier alpha value is -2.74. The topological polar surface area (TPSA) is 55.2 Å². The number of fused-ring (bicyclic) bond motifs is 1. The lowest BCUT2D eigenvalue weighted by Gasteiger charge is -2.33. The van der Waals surface area contributed by atoms with Crippen LogP contribution in [-0.4, -0.2) is 38.7 Å². The SMILES string of the molecule is CC1CCCCN1C(=O)CSc1nc2ccccc2c(=O)n1-c1ccc(F)cc1F. The zero-order valence-corrected chi connectivity index (χ0v) is 17.3. The molecule has 5 nitrogen and oxygen atoms in total. The van der Waals surface area contributed by atoms with Crippen LogP contribution in [0, 0.1) is 11.6 Å². The van der Waals surface area contributed by atoms with Gasteiger partial charge in [0.15, 0.2) is 5.16 Å². The van der Waals surface area contributed by atoms with Crippen LogP contribution in [0.4, 0.5) is 8.78 Å². The van der Waals surface area contributed by atoms with Crippen molar-refractivity contribution in [2.75, 3.05) is 12.3 Å². The van der Waals surface area contributed by atoms with E-state index in [4.69, 9.17) is 0 Å². The molecule has 1 unspecified atom stereocenters. The minimum absolute atomic E-state index is 0.0410. The number of likely N-dealkylation sites (tertiary alicyclic amines) is 1. The third-order valence-electron chi connectivity index (χ3n) is 5.34. The number of piperidine rings is 1. The molecule has 0 N–H and O–H groups in total. The summed E-state index contributed by atoms with van der Waals surface area (Å²) in [4.78, 5) is 32.2. The summed E-state index contributed by atoms with van der Waals surface area (Å²) >= 11 is 1.09. The van der Waals surface area contributed by atoms with Crippen LogP contribution in [0.25, 0.3) is 16.6 Å². The first-order chi connectivity index (χ1) is 14.5. The quantitative estimate of drug-likeness (QED) is 0.462. The van der Waals surface area contributed by atoms with Gasteiger partial charge in [-0.05, 0) is 50.5 Å².